The number of nitrogens with zero attached hydrogens (tertiary/aromatic N) is 4. The molecule has 0 unspecified atom stereocenters. The molecule has 0 bridgehead atoms. The van der Waals surface area contributed by atoms with Crippen LogP contribution >= 0.6 is 0 Å². The van der Waals surface area contributed by atoms with Gasteiger partial charge < -0.3 is 14.7 Å². The summed E-state index contributed by atoms with van der Waals surface area (Å²) in [6, 6.07) is -0.371. The van der Waals surface area contributed by atoms with Gasteiger partial charge in [-0.05, 0) is 31.1 Å². The molecule has 0 spiro atoms. The molecule has 1 fully saturated rings. The van der Waals surface area contributed by atoms with Gasteiger partial charge in [0, 0.05) is 26.3 Å². The number of carbonyl (C=O) groups excluding carboxylic acids is 2. The standard InChI is InChI=1S/C16H20N4O2/c1-5-13(21)19-6-7-20-12(9-19)16(22)18(4)14-11(3)10(2)8-17-15(14)20/h5,8,12H,1,6-7,9H2,2-4H3/t12-/m1/s1. The third-order valence-electron chi connectivity index (χ3n) is 4.63. The number of piperazine rings is 1. The first-order valence-electron chi connectivity index (χ1n) is 7.37. The van der Waals surface area contributed by atoms with Gasteiger partial charge in [-0.15, -0.1) is 0 Å². The van der Waals surface area contributed by atoms with Crippen molar-refractivity contribution in [2.24, 2.45) is 0 Å². The second-order valence-electron chi connectivity index (χ2n) is 5.83. The number of fused-ring (bicyclic) bond motifs is 3. The number of likely N-dealkylation sites (N-methyl/N-ethyl adjacent to an activating group) is 1. The molecule has 0 saturated carbocycles. The molecule has 1 atom stereocenters. The Morgan fingerprint density at radius 2 is 2.14 bits per heavy atom. The van der Waals surface area contributed by atoms with Crippen LogP contribution in [-0.4, -0.2) is 54.4 Å². The minimum atomic E-state index is -0.371. The second kappa shape index (κ2) is 5.12. The zero-order valence-corrected chi connectivity index (χ0v) is 13.2. The van der Waals surface area contributed by atoms with Gasteiger partial charge in [0.2, 0.25) is 5.91 Å². The number of aryl methyl sites for hydroxylation is 1. The van der Waals surface area contributed by atoms with E-state index in [2.05, 4.69) is 11.6 Å². The van der Waals surface area contributed by atoms with E-state index in [1.54, 1.807) is 16.8 Å². The number of anilines is 2. The van der Waals surface area contributed by atoms with E-state index in [0.717, 1.165) is 22.6 Å². The summed E-state index contributed by atoms with van der Waals surface area (Å²) in [5.41, 5.74) is 3.02. The normalized spacial score (nSPS) is 20.6. The SMILES string of the molecule is C=CC(=O)N1CCN2c3ncc(C)c(C)c3N(C)C(=O)[C@H]2C1. The minimum Gasteiger partial charge on any atom is -0.339 e. The van der Waals surface area contributed by atoms with Crippen molar-refractivity contribution in [2.45, 2.75) is 19.9 Å². The van der Waals surface area contributed by atoms with Crippen LogP contribution in [0.25, 0.3) is 0 Å². The first kappa shape index (κ1) is 14.6. The summed E-state index contributed by atoms with van der Waals surface area (Å²) in [6.07, 6.45) is 3.14. The molecule has 1 aromatic heterocycles. The number of carbonyl (C=O) groups is 2. The van der Waals surface area contributed by atoms with E-state index in [1.165, 1.54) is 6.08 Å². The van der Waals surface area contributed by atoms with Crippen LogP contribution in [0, 0.1) is 13.8 Å². The minimum absolute atomic E-state index is 0.00422. The van der Waals surface area contributed by atoms with Gasteiger partial charge in [-0.1, -0.05) is 6.58 Å². The molecular weight excluding hydrogens is 280 g/mol. The maximum Gasteiger partial charge on any atom is 0.251 e. The monoisotopic (exact) mass is 300 g/mol. The van der Waals surface area contributed by atoms with Gasteiger partial charge >= 0.3 is 0 Å². The number of rotatable bonds is 1. The number of hydrogen-bond donors (Lipinski definition) is 0. The van der Waals surface area contributed by atoms with Crippen LogP contribution in [0.2, 0.25) is 0 Å². The highest BCUT2D eigenvalue weighted by Crippen LogP contribution is 2.38. The topological polar surface area (TPSA) is 56.8 Å². The zero-order chi connectivity index (χ0) is 16.0. The Balaban J connectivity index is 2.02. The van der Waals surface area contributed by atoms with Crippen molar-refractivity contribution < 1.29 is 9.59 Å². The third kappa shape index (κ3) is 1.98. The largest absolute Gasteiger partial charge is 0.339 e. The molecule has 6 heteroatoms. The van der Waals surface area contributed by atoms with Crippen LogP contribution in [0.3, 0.4) is 0 Å². The Hall–Kier alpha value is -2.37. The van der Waals surface area contributed by atoms with Crippen molar-refractivity contribution >= 4 is 23.3 Å². The summed E-state index contributed by atoms with van der Waals surface area (Å²) < 4.78 is 0. The quantitative estimate of drug-likeness (QED) is 0.723. The van der Waals surface area contributed by atoms with Gasteiger partial charge in [0.1, 0.15) is 6.04 Å². The van der Waals surface area contributed by atoms with Gasteiger partial charge in [-0.2, -0.15) is 0 Å². The van der Waals surface area contributed by atoms with Crippen molar-refractivity contribution in [3.63, 3.8) is 0 Å². The van der Waals surface area contributed by atoms with Gasteiger partial charge in [0.15, 0.2) is 5.82 Å². The molecular formula is C16H20N4O2. The van der Waals surface area contributed by atoms with E-state index >= 15 is 0 Å². The molecule has 0 radical (unpaired) electrons. The Kier molecular flexibility index (Phi) is 3.39. The molecule has 116 valence electrons. The van der Waals surface area contributed by atoms with E-state index in [0.29, 0.717) is 19.6 Å². The predicted octanol–water partition coefficient (Wildman–Crippen LogP) is 0.878. The predicted molar refractivity (Wildman–Crippen MR) is 85.0 cm³/mol. The van der Waals surface area contributed by atoms with Crippen LogP contribution in [-0.2, 0) is 9.59 Å². The van der Waals surface area contributed by atoms with Crippen LogP contribution in [0.15, 0.2) is 18.9 Å². The van der Waals surface area contributed by atoms with Crippen LogP contribution in [0.1, 0.15) is 11.1 Å². The lowest BCUT2D eigenvalue weighted by atomic mass is 10.0. The Morgan fingerprint density at radius 1 is 1.41 bits per heavy atom. The van der Waals surface area contributed by atoms with E-state index in [4.69, 9.17) is 0 Å². The summed E-state index contributed by atoms with van der Waals surface area (Å²) in [5, 5.41) is 0. The fourth-order valence-electron chi connectivity index (χ4n) is 3.19. The Morgan fingerprint density at radius 3 is 2.82 bits per heavy atom. The lowest BCUT2D eigenvalue weighted by Crippen LogP contribution is -2.63. The first-order valence-corrected chi connectivity index (χ1v) is 7.37. The fourth-order valence-corrected chi connectivity index (χ4v) is 3.19. The van der Waals surface area contributed by atoms with Gasteiger partial charge in [-0.3, -0.25) is 9.59 Å². The van der Waals surface area contributed by atoms with Gasteiger partial charge in [0.25, 0.3) is 5.91 Å². The van der Waals surface area contributed by atoms with Gasteiger partial charge in [0.05, 0.1) is 12.2 Å². The van der Waals surface area contributed by atoms with Crippen molar-refractivity contribution in [2.75, 3.05) is 36.5 Å². The fraction of sp³-hybridized carbons (Fsp3) is 0.438. The lowest BCUT2D eigenvalue weighted by molar-refractivity contribution is -0.128. The Labute approximate surface area is 130 Å². The van der Waals surface area contributed by atoms with E-state index in [9.17, 15) is 9.59 Å². The zero-order valence-electron chi connectivity index (χ0n) is 13.2. The van der Waals surface area contributed by atoms with Crippen molar-refractivity contribution in [3.05, 3.63) is 30.0 Å². The average molecular weight is 300 g/mol. The molecule has 2 amide bonds. The van der Waals surface area contributed by atoms with Crippen LogP contribution in [0.5, 0.6) is 0 Å². The summed E-state index contributed by atoms with van der Waals surface area (Å²) in [5.74, 6) is 0.708. The molecule has 1 aromatic rings. The summed E-state index contributed by atoms with van der Waals surface area (Å²) >= 11 is 0. The molecule has 6 nitrogen and oxygen atoms in total. The summed E-state index contributed by atoms with van der Waals surface area (Å²) in [4.78, 5) is 34.5. The molecule has 3 heterocycles. The maximum absolute atomic E-state index is 12.7. The van der Waals surface area contributed by atoms with Crippen molar-refractivity contribution in [1.29, 1.82) is 0 Å². The van der Waals surface area contributed by atoms with E-state index in [-0.39, 0.29) is 17.9 Å². The molecule has 0 N–H and O–H groups in total. The highest BCUT2D eigenvalue weighted by molar-refractivity contribution is 6.06. The highest BCUT2D eigenvalue weighted by Gasteiger charge is 2.42. The summed E-state index contributed by atoms with van der Waals surface area (Å²) in [7, 11) is 1.78. The molecule has 0 aliphatic carbocycles. The summed E-state index contributed by atoms with van der Waals surface area (Å²) in [6.45, 7) is 9.08. The lowest BCUT2D eigenvalue weighted by Gasteiger charge is -2.46. The molecule has 1 saturated heterocycles. The van der Waals surface area contributed by atoms with Crippen LogP contribution in [0.4, 0.5) is 11.5 Å². The molecule has 3 rings (SSSR count). The van der Waals surface area contributed by atoms with Crippen molar-refractivity contribution in [1.82, 2.24) is 9.88 Å². The number of pyridine rings is 1. The maximum atomic E-state index is 12.7. The molecule has 22 heavy (non-hydrogen) atoms. The molecule has 0 aromatic carbocycles. The highest BCUT2D eigenvalue weighted by atomic mass is 16.2. The van der Waals surface area contributed by atoms with Gasteiger partial charge in [-0.25, -0.2) is 4.98 Å². The van der Waals surface area contributed by atoms with E-state index < -0.39 is 0 Å². The third-order valence-corrected chi connectivity index (χ3v) is 4.63. The number of amides is 2. The molecule has 2 aliphatic heterocycles. The Bertz CT molecular complexity index is 670. The smallest absolute Gasteiger partial charge is 0.251 e. The average Bonchev–Trinajstić information content (AvgIpc) is 2.54. The molecule has 2 aliphatic rings. The number of aromatic nitrogens is 1. The number of hydrogen-bond acceptors (Lipinski definition) is 4. The van der Waals surface area contributed by atoms with Crippen molar-refractivity contribution in [3.8, 4) is 0 Å². The van der Waals surface area contributed by atoms with Crippen LogP contribution < -0.4 is 9.80 Å². The van der Waals surface area contributed by atoms with E-state index in [1.807, 2.05) is 24.9 Å². The second-order valence-corrected chi connectivity index (χ2v) is 5.83. The first-order chi connectivity index (χ1) is 10.5.